The van der Waals surface area contributed by atoms with Crippen LogP contribution >= 0.6 is 0 Å². The van der Waals surface area contributed by atoms with Gasteiger partial charge < -0.3 is 14.2 Å². The Kier molecular flexibility index (Phi) is 7.83. The number of nitrogens with zero attached hydrogens (tertiary/aromatic N) is 1. The quantitative estimate of drug-likeness (QED) is 0.605. The summed E-state index contributed by atoms with van der Waals surface area (Å²) in [5, 5.41) is 1.91. The van der Waals surface area contributed by atoms with Gasteiger partial charge in [0.1, 0.15) is 11.1 Å². The van der Waals surface area contributed by atoms with Gasteiger partial charge in [0.05, 0.1) is 38.4 Å². The molecular formula is C17H26N2O6S. The molecule has 2 rings (SSSR count). The van der Waals surface area contributed by atoms with Gasteiger partial charge in [-0.2, -0.15) is 0 Å². The first kappa shape index (κ1) is 20.6. The van der Waals surface area contributed by atoms with Crippen LogP contribution in [-0.2, 0) is 24.1 Å². The molecule has 0 spiro atoms. The zero-order chi connectivity index (χ0) is 19.0. The standard InChI is InChI=1S/C17H26N2O6S/c1-3-25-17(20)12-18-16(13-19-8-10-24-11-9-19)26(21,22)15-6-4-14(23-2)5-7-15/h4-7,16,18H,3,8-13H2,1-2H3. The third-order valence-electron chi connectivity index (χ3n) is 4.07. The second-order valence-corrected chi connectivity index (χ2v) is 7.94. The largest absolute Gasteiger partial charge is 0.497 e. The van der Waals surface area contributed by atoms with Crippen LogP contribution in [-0.4, -0.2) is 77.8 Å². The zero-order valence-corrected chi connectivity index (χ0v) is 16.0. The van der Waals surface area contributed by atoms with Crippen molar-refractivity contribution >= 4 is 15.8 Å². The van der Waals surface area contributed by atoms with Crippen LogP contribution < -0.4 is 10.1 Å². The molecule has 1 atom stereocenters. The number of carbonyl (C=O) groups is 1. The first-order valence-electron chi connectivity index (χ1n) is 8.54. The molecule has 1 saturated heterocycles. The van der Waals surface area contributed by atoms with E-state index in [0.717, 1.165) is 0 Å². The predicted molar refractivity (Wildman–Crippen MR) is 95.9 cm³/mol. The van der Waals surface area contributed by atoms with E-state index in [4.69, 9.17) is 14.2 Å². The second-order valence-electron chi connectivity index (χ2n) is 5.81. The van der Waals surface area contributed by atoms with Crippen molar-refractivity contribution in [3.05, 3.63) is 24.3 Å². The lowest BCUT2D eigenvalue weighted by Gasteiger charge is -2.30. The summed E-state index contributed by atoms with van der Waals surface area (Å²) < 4.78 is 41.4. The molecule has 1 aliphatic heterocycles. The van der Waals surface area contributed by atoms with Gasteiger partial charge >= 0.3 is 5.97 Å². The summed E-state index contributed by atoms with van der Waals surface area (Å²) in [7, 11) is -2.17. The predicted octanol–water partition coefficient (Wildman–Crippen LogP) is 0.280. The average molecular weight is 386 g/mol. The van der Waals surface area contributed by atoms with E-state index < -0.39 is 21.2 Å². The first-order valence-corrected chi connectivity index (χ1v) is 10.1. The Morgan fingerprint density at radius 1 is 1.27 bits per heavy atom. The summed E-state index contributed by atoms with van der Waals surface area (Å²) in [6.07, 6.45) is 0. The lowest BCUT2D eigenvalue weighted by molar-refractivity contribution is -0.142. The van der Waals surface area contributed by atoms with Gasteiger partial charge in [0.15, 0.2) is 9.84 Å². The lowest BCUT2D eigenvalue weighted by atomic mass is 10.3. The van der Waals surface area contributed by atoms with Gasteiger partial charge in [-0.05, 0) is 31.2 Å². The van der Waals surface area contributed by atoms with Crippen molar-refractivity contribution in [1.29, 1.82) is 0 Å². The zero-order valence-electron chi connectivity index (χ0n) is 15.1. The molecule has 146 valence electrons. The Balaban J connectivity index is 2.16. The van der Waals surface area contributed by atoms with E-state index in [0.29, 0.717) is 32.1 Å². The highest BCUT2D eigenvalue weighted by molar-refractivity contribution is 7.92. The number of esters is 1. The van der Waals surface area contributed by atoms with E-state index in [1.54, 1.807) is 19.1 Å². The smallest absolute Gasteiger partial charge is 0.319 e. The van der Waals surface area contributed by atoms with Crippen LogP contribution in [0, 0.1) is 0 Å². The number of carbonyl (C=O) groups excluding carboxylic acids is 1. The fourth-order valence-corrected chi connectivity index (χ4v) is 4.18. The van der Waals surface area contributed by atoms with Crippen molar-refractivity contribution in [1.82, 2.24) is 10.2 Å². The molecule has 9 heteroatoms. The van der Waals surface area contributed by atoms with Gasteiger partial charge in [-0.15, -0.1) is 0 Å². The summed E-state index contributed by atoms with van der Waals surface area (Å²) in [5.41, 5.74) is 0. The molecular weight excluding hydrogens is 360 g/mol. The van der Waals surface area contributed by atoms with Crippen LogP contribution in [0.25, 0.3) is 0 Å². The van der Waals surface area contributed by atoms with E-state index in [-0.39, 0.29) is 24.6 Å². The summed E-state index contributed by atoms with van der Waals surface area (Å²) in [4.78, 5) is 13.8. The van der Waals surface area contributed by atoms with Crippen molar-refractivity contribution in [2.75, 3.05) is 53.1 Å². The summed E-state index contributed by atoms with van der Waals surface area (Å²) in [6, 6.07) is 6.22. The van der Waals surface area contributed by atoms with Gasteiger partial charge in [0.2, 0.25) is 0 Å². The van der Waals surface area contributed by atoms with Crippen LogP contribution in [0.4, 0.5) is 0 Å². The molecule has 8 nitrogen and oxygen atoms in total. The molecule has 1 aromatic carbocycles. The van der Waals surface area contributed by atoms with E-state index in [1.165, 1.54) is 19.2 Å². The number of rotatable bonds is 9. The number of hydrogen-bond donors (Lipinski definition) is 1. The molecule has 1 unspecified atom stereocenters. The second kappa shape index (κ2) is 9.86. The topological polar surface area (TPSA) is 94.2 Å². The number of hydrogen-bond acceptors (Lipinski definition) is 8. The third-order valence-corrected chi connectivity index (χ3v) is 6.06. The fourth-order valence-electron chi connectivity index (χ4n) is 2.63. The minimum Gasteiger partial charge on any atom is -0.497 e. The van der Waals surface area contributed by atoms with Crippen LogP contribution in [0.15, 0.2) is 29.2 Å². The maximum Gasteiger partial charge on any atom is 0.319 e. The fraction of sp³-hybridized carbons (Fsp3) is 0.588. The highest BCUT2D eigenvalue weighted by atomic mass is 32.2. The molecule has 0 aromatic heterocycles. The molecule has 0 aliphatic carbocycles. The lowest BCUT2D eigenvalue weighted by Crippen LogP contribution is -2.50. The van der Waals surface area contributed by atoms with Crippen LogP contribution in [0.1, 0.15) is 6.92 Å². The summed E-state index contributed by atoms with van der Waals surface area (Å²) in [5.74, 6) is 0.0950. The van der Waals surface area contributed by atoms with Crippen molar-refractivity contribution in [2.45, 2.75) is 17.2 Å². The normalized spacial score (nSPS) is 16.8. The molecule has 0 amide bonds. The van der Waals surface area contributed by atoms with Gasteiger partial charge in [0.25, 0.3) is 0 Å². The number of benzene rings is 1. The van der Waals surface area contributed by atoms with Crippen LogP contribution in [0.3, 0.4) is 0 Å². The SMILES string of the molecule is CCOC(=O)CNC(CN1CCOCC1)S(=O)(=O)c1ccc(OC)cc1. The Bertz CT molecular complexity index is 671. The maximum absolute atomic E-state index is 13.1. The minimum absolute atomic E-state index is 0.168. The molecule has 1 N–H and O–H groups in total. The van der Waals surface area contributed by atoms with Crippen LogP contribution in [0.2, 0.25) is 0 Å². The number of morpholine rings is 1. The molecule has 26 heavy (non-hydrogen) atoms. The molecule has 0 saturated carbocycles. The van der Waals surface area contributed by atoms with Gasteiger partial charge in [-0.25, -0.2) is 8.42 Å². The molecule has 0 radical (unpaired) electrons. The van der Waals surface area contributed by atoms with Gasteiger partial charge in [-0.1, -0.05) is 0 Å². The number of methoxy groups -OCH3 is 1. The van der Waals surface area contributed by atoms with Gasteiger partial charge in [-0.3, -0.25) is 15.0 Å². The Labute approximate surface area is 154 Å². The van der Waals surface area contributed by atoms with Crippen molar-refractivity contribution < 1.29 is 27.4 Å². The Hall–Kier alpha value is -1.68. The van der Waals surface area contributed by atoms with Crippen molar-refractivity contribution in [3.8, 4) is 5.75 Å². The van der Waals surface area contributed by atoms with E-state index in [1.807, 2.05) is 4.90 Å². The first-order chi connectivity index (χ1) is 12.5. The molecule has 1 aliphatic rings. The molecule has 1 fully saturated rings. The molecule has 1 aromatic rings. The Morgan fingerprint density at radius 2 is 1.92 bits per heavy atom. The highest BCUT2D eigenvalue weighted by Crippen LogP contribution is 2.20. The number of ether oxygens (including phenoxy) is 3. The molecule has 1 heterocycles. The minimum atomic E-state index is -3.69. The average Bonchev–Trinajstić information content (AvgIpc) is 2.66. The van der Waals surface area contributed by atoms with E-state index in [2.05, 4.69) is 5.32 Å². The maximum atomic E-state index is 13.1. The van der Waals surface area contributed by atoms with E-state index >= 15 is 0 Å². The van der Waals surface area contributed by atoms with Crippen molar-refractivity contribution in [3.63, 3.8) is 0 Å². The summed E-state index contributed by atoms with van der Waals surface area (Å²) >= 11 is 0. The highest BCUT2D eigenvalue weighted by Gasteiger charge is 2.30. The third kappa shape index (κ3) is 5.66. The summed E-state index contributed by atoms with van der Waals surface area (Å²) in [6.45, 7) is 4.47. The number of nitrogens with one attached hydrogen (secondary N) is 1. The van der Waals surface area contributed by atoms with Gasteiger partial charge in [0, 0.05) is 19.6 Å². The number of sulfone groups is 1. The van der Waals surface area contributed by atoms with Crippen LogP contribution in [0.5, 0.6) is 5.75 Å². The van der Waals surface area contributed by atoms with E-state index in [9.17, 15) is 13.2 Å². The van der Waals surface area contributed by atoms with Crippen molar-refractivity contribution in [2.24, 2.45) is 0 Å². The Morgan fingerprint density at radius 3 is 2.50 bits per heavy atom. The monoisotopic (exact) mass is 386 g/mol. The molecule has 0 bridgehead atoms.